The smallest absolute Gasteiger partial charge is 0.244 e. The summed E-state index contributed by atoms with van der Waals surface area (Å²) in [5.41, 5.74) is 6.11. The number of anilines is 1. The molecule has 0 aromatic heterocycles. The first-order valence-electron chi connectivity index (χ1n) is 5.40. The van der Waals surface area contributed by atoms with Crippen LogP contribution in [-0.2, 0) is 4.79 Å². The van der Waals surface area contributed by atoms with Crippen LogP contribution in [0.15, 0.2) is 18.2 Å². The number of benzene rings is 1. The summed E-state index contributed by atoms with van der Waals surface area (Å²) in [6.45, 7) is 1.67. The van der Waals surface area contributed by atoms with E-state index in [2.05, 4.69) is 5.32 Å². The van der Waals surface area contributed by atoms with Crippen molar-refractivity contribution in [1.29, 1.82) is 0 Å². The van der Waals surface area contributed by atoms with Crippen LogP contribution >= 0.6 is 12.2 Å². The topological polar surface area (TPSA) is 58.4 Å². The molecule has 3 N–H and O–H groups in total. The van der Waals surface area contributed by atoms with Gasteiger partial charge in [-0.1, -0.05) is 12.2 Å². The van der Waals surface area contributed by atoms with Crippen LogP contribution in [0.25, 0.3) is 0 Å². The van der Waals surface area contributed by atoms with Gasteiger partial charge in [0, 0.05) is 19.7 Å². The maximum absolute atomic E-state index is 13.7. The Bertz CT molecular complexity index is 476. The predicted octanol–water partition coefficient (Wildman–Crippen LogP) is 1.35. The lowest BCUT2D eigenvalue weighted by atomic mass is 10.2. The van der Waals surface area contributed by atoms with E-state index in [4.69, 9.17) is 18.0 Å². The number of hydrogen-bond acceptors (Lipinski definition) is 3. The van der Waals surface area contributed by atoms with E-state index in [1.54, 1.807) is 27.1 Å². The minimum Gasteiger partial charge on any atom is -0.389 e. The van der Waals surface area contributed by atoms with Gasteiger partial charge in [-0.05, 0) is 25.1 Å². The van der Waals surface area contributed by atoms with Crippen LogP contribution in [0.1, 0.15) is 12.5 Å². The van der Waals surface area contributed by atoms with E-state index in [-0.39, 0.29) is 16.6 Å². The van der Waals surface area contributed by atoms with E-state index >= 15 is 0 Å². The maximum atomic E-state index is 13.7. The number of rotatable bonds is 4. The quantitative estimate of drug-likeness (QED) is 0.810. The summed E-state index contributed by atoms with van der Waals surface area (Å²) in [5.74, 6) is -0.619. The van der Waals surface area contributed by atoms with Gasteiger partial charge in [0.15, 0.2) is 0 Å². The third-order valence-corrected chi connectivity index (χ3v) is 2.67. The number of halogens is 1. The van der Waals surface area contributed by atoms with Gasteiger partial charge in [0.2, 0.25) is 5.91 Å². The molecule has 6 heteroatoms. The Balaban J connectivity index is 2.86. The molecule has 18 heavy (non-hydrogen) atoms. The van der Waals surface area contributed by atoms with E-state index in [0.29, 0.717) is 5.56 Å². The third kappa shape index (κ3) is 3.40. The van der Waals surface area contributed by atoms with E-state index in [1.807, 2.05) is 0 Å². The first-order chi connectivity index (χ1) is 8.32. The summed E-state index contributed by atoms with van der Waals surface area (Å²) >= 11 is 4.76. The lowest BCUT2D eigenvalue weighted by molar-refractivity contribution is -0.129. The van der Waals surface area contributed by atoms with E-state index in [9.17, 15) is 9.18 Å². The van der Waals surface area contributed by atoms with Crippen LogP contribution in [0.5, 0.6) is 0 Å². The molecule has 0 saturated heterocycles. The molecule has 98 valence electrons. The molecule has 0 fully saturated rings. The fourth-order valence-electron chi connectivity index (χ4n) is 1.47. The highest BCUT2D eigenvalue weighted by Crippen LogP contribution is 2.17. The number of thiocarbonyl (C=S) groups is 1. The van der Waals surface area contributed by atoms with Crippen LogP contribution in [0.3, 0.4) is 0 Å². The molecule has 0 aliphatic rings. The summed E-state index contributed by atoms with van der Waals surface area (Å²) in [6, 6.07) is 3.87. The van der Waals surface area contributed by atoms with Crippen molar-refractivity contribution in [3.05, 3.63) is 29.6 Å². The van der Waals surface area contributed by atoms with Gasteiger partial charge in [-0.25, -0.2) is 4.39 Å². The fraction of sp³-hybridized carbons (Fsp3) is 0.333. The minimum absolute atomic E-state index is 0.132. The lowest BCUT2D eigenvalue weighted by Crippen LogP contribution is -2.36. The standard InChI is InChI=1S/C12H16FN3OS/c1-7(12(17)16(2)3)15-10-5-4-8(11(14)18)6-9(10)13/h4-7,15H,1-3H3,(H2,14,18). The number of nitrogens with zero attached hydrogens (tertiary/aromatic N) is 1. The Morgan fingerprint density at radius 1 is 1.50 bits per heavy atom. The van der Waals surface area contributed by atoms with Crippen LogP contribution < -0.4 is 11.1 Å². The number of amides is 1. The zero-order valence-corrected chi connectivity index (χ0v) is 11.3. The number of carbonyl (C=O) groups excluding carboxylic acids is 1. The van der Waals surface area contributed by atoms with Crippen molar-refractivity contribution in [1.82, 2.24) is 4.90 Å². The van der Waals surface area contributed by atoms with Crippen molar-refractivity contribution in [2.45, 2.75) is 13.0 Å². The third-order valence-electron chi connectivity index (χ3n) is 2.44. The van der Waals surface area contributed by atoms with E-state index in [1.165, 1.54) is 17.0 Å². The molecule has 0 saturated carbocycles. The average Bonchev–Trinajstić information content (AvgIpc) is 2.30. The lowest BCUT2D eigenvalue weighted by Gasteiger charge is -2.19. The zero-order chi connectivity index (χ0) is 13.9. The van der Waals surface area contributed by atoms with Crippen LogP contribution in [0.2, 0.25) is 0 Å². The molecule has 1 aromatic carbocycles. The second-order valence-corrected chi connectivity index (χ2v) is 4.60. The summed E-state index contributed by atoms with van der Waals surface area (Å²) < 4.78 is 13.7. The summed E-state index contributed by atoms with van der Waals surface area (Å²) in [7, 11) is 3.29. The number of hydrogen-bond donors (Lipinski definition) is 2. The van der Waals surface area contributed by atoms with Gasteiger partial charge in [0.25, 0.3) is 0 Å². The van der Waals surface area contributed by atoms with Crippen molar-refractivity contribution < 1.29 is 9.18 Å². The SMILES string of the molecule is CC(Nc1ccc(C(N)=S)cc1F)C(=O)N(C)C. The van der Waals surface area contributed by atoms with Gasteiger partial charge >= 0.3 is 0 Å². The molecule has 1 unspecified atom stereocenters. The predicted molar refractivity (Wildman–Crippen MR) is 74.1 cm³/mol. The van der Waals surface area contributed by atoms with Gasteiger partial charge in [-0.3, -0.25) is 4.79 Å². The number of nitrogens with one attached hydrogen (secondary N) is 1. The van der Waals surface area contributed by atoms with Crippen molar-refractivity contribution >= 4 is 28.8 Å². The fourth-order valence-corrected chi connectivity index (χ4v) is 1.59. The first-order valence-corrected chi connectivity index (χ1v) is 5.80. The highest BCUT2D eigenvalue weighted by Gasteiger charge is 2.16. The highest BCUT2D eigenvalue weighted by atomic mass is 32.1. The van der Waals surface area contributed by atoms with E-state index < -0.39 is 11.9 Å². The van der Waals surface area contributed by atoms with Gasteiger partial charge < -0.3 is 16.0 Å². The molecular weight excluding hydrogens is 253 g/mol. The van der Waals surface area contributed by atoms with Gasteiger partial charge in [-0.15, -0.1) is 0 Å². The molecule has 0 bridgehead atoms. The van der Waals surface area contributed by atoms with Crippen LogP contribution in [-0.4, -0.2) is 35.9 Å². The van der Waals surface area contributed by atoms with E-state index in [0.717, 1.165) is 0 Å². The molecule has 0 aliphatic carbocycles. The summed E-state index contributed by atoms with van der Waals surface area (Å²) in [5, 5.41) is 2.81. The molecule has 0 heterocycles. The second kappa shape index (κ2) is 5.77. The first kappa shape index (κ1) is 14.4. The summed E-state index contributed by atoms with van der Waals surface area (Å²) in [6.07, 6.45) is 0. The Kier molecular flexibility index (Phi) is 4.61. The number of likely N-dealkylation sites (N-methyl/N-ethyl adjacent to an activating group) is 1. The maximum Gasteiger partial charge on any atom is 0.244 e. The molecule has 1 rings (SSSR count). The van der Waals surface area contributed by atoms with Crippen molar-refractivity contribution in [3.63, 3.8) is 0 Å². The molecule has 0 aliphatic heterocycles. The highest BCUT2D eigenvalue weighted by molar-refractivity contribution is 7.80. The Morgan fingerprint density at radius 3 is 2.56 bits per heavy atom. The minimum atomic E-state index is -0.509. The number of carbonyl (C=O) groups is 1. The molecule has 1 amide bonds. The second-order valence-electron chi connectivity index (χ2n) is 4.16. The summed E-state index contributed by atoms with van der Waals surface area (Å²) in [4.78, 5) is 13.2. The Hall–Kier alpha value is -1.69. The van der Waals surface area contributed by atoms with Crippen molar-refractivity contribution in [3.8, 4) is 0 Å². The molecule has 1 aromatic rings. The van der Waals surface area contributed by atoms with Gasteiger partial charge in [-0.2, -0.15) is 0 Å². The van der Waals surface area contributed by atoms with Crippen LogP contribution in [0.4, 0.5) is 10.1 Å². The molecule has 0 radical (unpaired) electrons. The Morgan fingerprint density at radius 2 is 2.11 bits per heavy atom. The largest absolute Gasteiger partial charge is 0.389 e. The molecule has 0 spiro atoms. The van der Waals surface area contributed by atoms with Gasteiger partial charge in [0.1, 0.15) is 16.8 Å². The van der Waals surface area contributed by atoms with Crippen LogP contribution in [0, 0.1) is 5.82 Å². The average molecular weight is 269 g/mol. The molecule has 1 atom stereocenters. The molecular formula is C12H16FN3OS. The number of nitrogens with two attached hydrogens (primary N) is 1. The normalized spacial score (nSPS) is 11.8. The Labute approximate surface area is 111 Å². The molecule has 4 nitrogen and oxygen atoms in total. The van der Waals surface area contributed by atoms with Gasteiger partial charge in [0.05, 0.1) is 5.69 Å². The van der Waals surface area contributed by atoms with Crippen molar-refractivity contribution in [2.24, 2.45) is 5.73 Å². The monoisotopic (exact) mass is 269 g/mol. The van der Waals surface area contributed by atoms with Crippen molar-refractivity contribution in [2.75, 3.05) is 19.4 Å². The zero-order valence-electron chi connectivity index (χ0n) is 10.5.